The number of rotatable bonds is 5. The standard InChI is InChI=1S/C27H26ClN3O3/c28-21-16-18(6-7-20(21)17-4-2-1-3-5-17)30-27(32)26-24-9-8-23(34-24)25(26)22-10-13-29-31(22)19-11-14-33-15-12-19/h1-7,10,13,16,19,23-24H,8-9,11-12,14-15H2,(H,30,32). The van der Waals surface area contributed by atoms with E-state index in [2.05, 4.69) is 15.1 Å². The molecule has 34 heavy (non-hydrogen) atoms. The number of carbonyl (C=O) groups excluding carboxylic acids is 1. The van der Waals surface area contributed by atoms with Gasteiger partial charge in [-0.25, -0.2) is 0 Å². The fraction of sp³-hybridized carbons (Fsp3) is 0.333. The molecule has 2 saturated heterocycles. The minimum Gasteiger partial charge on any atom is -0.381 e. The van der Waals surface area contributed by atoms with E-state index in [1.54, 1.807) is 0 Å². The number of hydrogen-bond donors (Lipinski definition) is 1. The SMILES string of the molecule is O=C(Nc1ccc(-c2ccccc2)c(Cl)c1)C1=C(c2ccnn2C2CCOCC2)C2CCC1O2. The molecule has 3 aliphatic heterocycles. The van der Waals surface area contributed by atoms with Crippen molar-refractivity contribution in [2.75, 3.05) is 18.5 Å². The third kappa shape index (κ3) is 3.86. The molecule has 1 amide bonds. The number of aromatic nitrogens is 2. The summed E-state index contributed by atoms with van der Waals surface area (Å²) >= 11 is 6.58. The number of nitrogens with zero attached hydrogens (tertiary/aromatic N) is 2. The Morgan fingerprint density at radius 1 is 1.00 bits per heavy atom. The quantitative estimate of drug-likeness (QED) is 0.528. The number of anilines is 1. The maximum atomic E-state index is 13.5. The van der Waals surface area contributed by atoms with E-state index >= 15 is 0 Å². The van der Waals surface area contributed by atoms with Crippen molar-refractivity contribution in [3.63, 3.8) is 0 Å². The molecule has 3 aliphatic rings. The summed E-state index contributed by atoms with van der Waals surface area (Å²) in [6.45, 7) is 1.47. The fourth-order valence-corrected chi connectivity index (χ4v) is 5.66. The van der Waals surface area contributed by atoms with Crippen LogP contribution >= 0.6 is 11.6 Å². The lowest BCUT2D eigenvalue weighted by Crippen LogP contribution is -2.26. The van der Waals surface area contributed by atoms with Crippen LogP contribution in [0.15, 0.2) is 66.4 Å². The summed E-state index contributed by atoms with van der Waals surface area (Å²) in [4.78, 5) is 13.5. The number of carbonyl (C=O) groups is 1. The summed E-state index contributed by atoms with van der Waals surface area (Å²) in [5.74, 6) is -0.134. The van der Waals surface area contributed by atoms with E-state index in [4.69, 9.17) is 21.1 Å². The molecule has 0 aliphatic carbocycles. The van der Waals surface area contributed by atoms with Crippen LogP contribution in [0.5, 0.6) is 0 Å². The Labute approximate surface area is 203 Å². The Hall–Kier alpha value is -2.93. The third-order valence-electron chi connectivity index (χ3n) is 6.99. The first-order chi connectivity index (χ1) is 16.7. The lowest BCUT2D eigenvalue weighted by atomic mass is 9.89. The van der Waals surface area contributed by atoms with E-state index in [1.165, 1.54) is 0 Å². The van der Waals surface area contributed by atoms with Crippen molar-refractivity contribution in [3.05, 3.63) is 77.1 Å². The molecule has 6 nitrogen and oxygen atoms in total. The highest BCUT2D eigenvalue weighted by Crippen LogP contribution is 2.45. The average molecular weight is 476 g/mol. The summed E-state index contributed by atoms with van der Waals surface area (Å²) in [5, 5.41) is 8.28. The molecule has 2 fully saturated rings. The Kier molecular flexibility index (Phi) is 5.73. The van der Waals surface area contributed by atoms with Gasteiger partial charge in [0.2, 0.25) is 0 Å². The van der Waals surface area contributed by atoms with Crippen molar-refractivity contribution >= 4 is 28.8 Å². The Balaban J connectivity index is 1.30. The first kappa shape index (κ1) is 21.6. The largest absolute Gasteiger partial charge is 0.381 e. The Bertz CT molecular complexity index is 1250. The second-order valence-corrected chi connectivity index (χ2v) is 9.44. The van der Waals surface area contributed by atoms with Gasteiger partial charge in [-0.2, -0.15) is 5.10 Å². The second kappa shape index (κ2) is 9.02. The first-order valence-corrected chi connectivity index (χ1v) is 12.2. The predicted molar refractivity (Wildman–Crippen MR) is 132 cm³/mol. The molecular formula is C27H26ClN3O3. The molecular weight excluding hydrogens is 450 g/mol. The van der Waals surface area contributed by atoms with Crippen LogP contribution in [0.4, 0.5) is 5.69 Å². The summed E-state index contributed by atoms with van der Waals surface area (Å²) in [7, 11) is 0. The van der Waals surface area contributed by atoms with Crippen LogP contribution in [0.1, 0.15) is 37.4 Å². The Morgan fingerprint density at radius 3 is 2.59 bits per heavy atom. The van der Waals surface area contributed by atoms with Gasteiger partial charge in [0.25, 0.3) is 5.91 Å². The van der Waals surface area contributed by atoms with Gasteiger partial charge >= 0.3 is 0 Å². The monoisotopic (exact) mass is 475 g/mol. The second-order valence-electron chi connectivity index (χ2n) is 9.04. The molecule has 0 radical (unpaired) electrons. The number of fused-ring (bicyclic) bond motifs is 2. The summed E-state index contributed by atoms with van der Waals surface area (Å²) in [5.41, 5.74) is 5.32. The zero-order valence-corrected chi connectivity index (χ0v) is 19.5. The van der Waals surface area contributed by atoms with Gasteiger partial charge in [-0.1, -0.05) is 48.0 Å². The molecule has 7 heteroatoms. The van der Waals surface area contributed by atoms with Crippen LogP contribution in [0.2, 0.25) is 5.02 Å². The minimum atomic E-state index is -0.183. The van der Waals surface area contributed by atoms with Gasteiger partial charge in [0.1, 0.15) is 0 Å². The zero-order valence-electron chi connectivity index (χ0n) is 18.7. The molecule has 0 spiro atoms. The number of nitrogens with one attached hydrogen (secondary N) is 1. The molecule has 3 aromatic rings. The Morgan fingerprint density at radius 2 is 1.79 bits per heavy atom. The molecule has 6 rings (SSSR count). The van der Waals surface area contributed by atoms with E-state index in [-0.39, 0.29) is 24.2 Å². The number of ether oxygens (including phenoxy) is 2. The summed E-state index contributed by atoms with van der Waals surface area (Å²) in [6.07, 6.45) is 5.20. The van der Waals surface area contributed by atoms with Gasteiger partial charge in [0, 0.05) is 36.2 Å². The lowest BCUT2D eigenvalue weighted by molar-refractivity contribution is -0.113. The number of halogens is 1. The topological polar surface area (TPSA) is 65.4 Å². The molecule has 1 N–H and O–H groups in total. The zero-order chi connectivity index (χ0) is 23.1. The molecule has 4 heterocycles. The molecule has 2 aromatic carbocycles. The number of hydrogen-bond acceptors (Lipinski definition) is 4. The van der Waals surface area contributed by atoms with E-state index in [9.17, 15) is 4.79 Å². The highest BCUT2D eigenvalue weighted by Gasteiger charge is 2.45. The highest BCUT2D eigenvalue weighted by atomic mass is 35.5. The van der Waals surface area contributed by atoms with Gasteiger partial charge in [-0.05, 0) is 49.4 Å². The van der Waals surface area contributed by atoms with Crippen molar-refractivity contribution in [3.8, 4) is 11.1 Å². The summed E-state index contributed by atoms with van der Waals surface area (Å²) < 4.78 is 13.8. The van der Waals surface area contributed by atoms with E-state index < -0.39 is 0 Å². The maximum absolute atomic E-state index is 13.5. The maximum Gasteiger partial charge on any atom is 0.254 e. The molecule has 0 saturated carbocycles. The van der Waals surface area contributed by atoms with Gasteiger partial charge in [0.15, 0.2) is 0 Å². The molecule has 2 unspecified atom stereocenters. The van der Waals surface area contributed by atoms with Crippen LogP contribution < -0.4 is 5.32 Å². The fourth-order valence-electron chi connectivity index (χ4n) is 5.37. The lowest BCUT2D eigenvalue weighted by Gasteiger charge is -2.26. The molecule has 1 aromatic heterocycles. The molecule has 174 valence electrons. The number of benzene rings is 2. The average Bonchev–Trinajstić information content (AvgIpc) is 3.61. The van der Waals surface area contributed by atoms with Crippen LogP contribution in [0.3, 0.4) is 0 Å². The van der Waals surface area contributed by atoms with Gasteiger partial charge in [-0.15, -0.1) is 0 Å². The van der Waals surface area contributed by atoms with Crippen molar-refractivity contribution in [1.29, 1.82) is 0 Å². The van der Waals surface area contributed by atoms with Crippen molar-refractivity contribution < 1.29 is 14.3 Å². The van der Waals surface area contributed by atoms with Crippen LogP contribution in [0, 0.1) is 0 Å². The van der Waals surface area contributed by atoms with Crippen molar-refractivity contribution in [1.82, 2.24) is 9.78 Å². The van der Waals surface area contributed by atoms with Gasteiger partial charge in [-0.3, -0.25) is 9.48 Å². The molecule has 2 atom stereocenters. The van der Waals surface area contributed by atoms with Crippen molar-refractivity contribution in [2.45, 2.75) is 43.9 Å². The highest BCUT2D eigenvalue weighted by molar-refractivity contribution is 6.33. The smallest absolute Gasteiger partial charge is 0.254 e. The molecule has 2 bridgehead atoms. The number of amides is 1. The first-order valence-electron chi connectivity index (χ1n) is 11.9. The van der Waals surface area contributed by atoms with Gasteiger partial charge < -0.3 is 14.8 Å². The normalized spacial score (nSPS) is 22.4. The van der Waals surface area contributed by atoms with Crippen LogP contribution in [-0.4, -0.2) is 41.1 Å². The predicted octanol–water partition coefficient (Wildman–Crippen LogP) is 5.51. The minimum absolute atomic E-state index is 0.0647. The van der Waals surface area contributed by atoms with Crippen LogP contribution in [-0.2, 0) is 14.3 Å². The van der Waals surface area contributed by atoms with E-state index in [0.29, 0.717) is 16.3 Å². The summed E-state index contributed by atoms with van der Waals surface area (Å²) in [6, 6.07) is 17.9. The van der Waals surface area contributed by atoms with Crippen LogP contribution in [0.25, 0.3) is 16.7 Å². The van der Waals surface area contributed by atoms with E-state index in [0.717, 1.165) is 61.3 Å². The van der Waals surface area contributed by atoms with Gasteiger partial charge in [0.05, 0.1) is 34.5 Å². The van der Waals surface area contributed by atoms with Crippen molar-refractivity contribution in [2.24, 2.45) is 0 Å². The van der Waals surface area contributed by atoms with E-state index in [1.807, 2.05) is 60.8 Å². The third-order valence-corrected chi connectivity index (χ3v) is 7.31.